The van der Waals surface area contributed by atoms with E-state index in [-0.39, 0.29) is 0 Å². The number of hydrogen-bond acceptors (Lipinski definition) is 7. The molecule has 1 saturated carbocycles. The SMILES string of the molecule is OCCC1(O)C(O)C(O)C(O)C(O)[C@@H]1O. The summed E-state index contributed by atoms with van der Waals surface area (Å²) in [5.41, 5.74) is -2.23. The van der Waals surface area contributed by atoms with E-state index in [9.17, 15) is 30.6 Å². The second-order valence-corrected chi connectivity index (χ2v) is 3.83. The van der Waals surface area contributed by atoms with Gasteiger partial charge in [0.2, 0.25) is 0 Å². The number of hydrogen-bond donors (Lipinski definition) is 7. The van der Waals surface area contributed by atoms with Crippen molar-refractivity contribution < 1.29 is 35.7 Å². The van der Waals surface area contributed by atoms with Crippen molar-refractivity contribution in [3.63, 3.8) is 0 Å². The maximum Gasteiger partial charge on any atom is 0.124 e. The predicted octanol–water partition coefficient (Wildman–Crippen LogP) is -4.08. The zero-order valence-corrected chi connectivity index (χ0v) is 7.93. The summed E-state index contributed by atoms with van der Waals surface area (Å²) in [6.07, 6.45) is -9.39. The molecule has 0 aromatic rings. The highest BCUT2D eigenvalue weighted by molar-refractivity contribution is 5.08. The van der Waals surface area contributed by atoms with Gasteiger partial charge in [0.15, 0.2) is 0 Å². The molecule has 0 amide bonds. The Morgan fingerprint density at radius 2 is 1.20 bits per heavy atom. The van der Waals surface area contributed by atoms with Gasteiger partial charge in [-0.05, 0) is 0 Å². The fraction of sp³-hybridized carbons (Fsp3) is 1.00. The molecule has 1 aliphatic rings. The highest BCUT2D eigenvalue weighted by atomic mass is 16.4. The van der Waals surface area contributed by atoms with Crippen LogP contribution in [-0.4, -0.2) is 78.5 Å². The molecule has 90 valence electrons. The van der Waals surface area contributed by atoms with Crippen LogP contribution in [0, 0.1) is 0 Å². The van der Waals surface area contributed by atoms with Crippen LogP contribution < -0.4 is 0 Å². The molecule has 15 heavy (non-hydrogen) atoms. The van der Waals surface area contributed by atoms with Gasteiger partial charge in [0, 0.05) is 13.0 Å². The molecule has 0 radical (unpaired) electrons. The van der Waals surface area contributed by atoms with Crippen molar-refractivity contribution in [2.24, 2.45) is 0 Å². The Kier molecular flexibility index (Phi) is 3.67. The van der Waals surface area contributed by atoms with Crippen LogP contribution in [0.1, 0.15) is 6.42 Å². The number of aliphatic hydroxyl groups excluding tert-OH is 6. The minimum Gasteiger partial charge on any atom is -0.396 e. The van der Waals surface area contributed by atoms with Crippen LogP contribution in [0.25, 0.3) is 0 Å². The zero-order chi connectivity index (χ0) is 11.8. The molecule has 6 atom stereocenters. The molecular weight excluding hydrogens is 208 g/mol. The molecule has 0 spiro atoms. The van der Waals surface area contributed by atoms with Crippen LogP contribution in [0.15, 0.2) is 0 Å². The lowest BCUT2D eigenvalue weighted by Crippen LogP contribution is -2.70. The third-order valence-corrected chi connectivity index (χ3v) is 2.88. The van der Waals surface area contributed by atoms with E-state index >= 15 is 0 Å². The lowest BCUT2D eigenvalue weighted by atomic mass is 9.73. The van der Waals surface area contributed by atoms with Crippen molar-refractivity contribution in [2.75, 3.05) is 6.61 Å². The summed E-state index contributed by atoms with van der Waals surface area (Å²) in [4.78, 5) is 0. The Labute approximate surface area is 85.8 Å². The van der Waals surface area contributed by atoms with Crippen molar-refractivity contribution in [3.8, 4) is 0 Å². The molecule has 1 aliphatic carbocycles. The van der Waals surface area contributed by atoms with Gasteiger partial charge in [-0.25, -0.2) is 0 Å². The van der Waals surface area contributed by atoms with E-state index < -0.39 is 49.1 Å². The summed E-state index contributed by atoms with van der Waals surface area (Å²) in [7, 11) is 0. The Morgan fingerprint density at radius 3 is 1.53 bits per heavy atom. The van der Waals surface area contributed by atoms with Crippen LogP contribution in [0.5, 0.6) is 0 Å². The summed E-state index contributed by atoms with van der Waals surface area (Å²) >= 11 is 0. The molecule has 0 aromatic heterocycles. The minimum absolute atomic E-state index is 0.420. The first-order chi connectivity index (χ1) is 6.86. The van der Waals surface area contributed by atoms with Gasteiger partial charge in [-0.2, -0.15) is 0 Å². The highest BCUT2D eigenvalue weighted by Gasteiger charge is 2.56. The molecule has 7 N–H and O–H groups in total. The van der Waals surface area contributed by atoms with Gasteiger partial charge in [0.05, 0.1) is 0 Å². The van der Waals surface area contributed by atoms with E-state index in [0.29, 0.717) is 0 Å². The molecule has 7 nitrogen and oxygen atoms in total. The third kappa shape index (κ3) is 1.87. The van der Waals surface area contributed by atoms with Crippen molar-refractivity contribution >= 4 is 0 Å². The van der Waals surface area contributed by atoms with Gasteiger partial charge in [0.25, 0.3) is 0 Å². The van der Waals surface area contributed by atoms with Crippen LogP contribution in [0.3, 0.4) is 0 Å². The van der Waals surface area contributed by atoms with E-state index in [0.717, 1.165) is 0 Å². The molecule has 0 aromatic carbocycles. The van der Waals surface area contributed by atoms with Crippen LogP contribution in [-0.2, 0) is 0 Å². The van der Waals surface area contributed by atoms with Gasteiger partial charge in [-0.3, -0.25) is 0 Å². The summed E-state index contributed by atoms with van der Waals surface area (Å²) < 4.78 is 0. The van der Waals surface area contributed by atoms with Crippen LogP contribution in [0.4, 0.5) is 0 Å². The molecule has 1 fully saturated rings. The second-order valence-electron chi connectivity index (χ2n) is 3.83. The lowest BCUT2D eigenvalue weighted by Gasteiger charge is -2.47. The Balaban J connectivity index is 2.95. The third-order valence-electron chi connectivity index (χ3n) is 2.88. The van der Waals surface area contributed by atoms with Gasteiger partial charge >= 0.3 is 0 Å². The Bertz CT molecular complexity index is 205. The Hall–Kier alpha value is -0.280. The Morgan fingerprint density at radius 1 is 0.800 bits per heavy atom. The molecular formula is C8H16O7. The smallest absolute Gasteiger partial charge is 0.124 e. The number of rotatable bonds is 2. The van der Waals surface area contributed by atoms with E-state index in [4.69, 9.17) is 5.11 Å². The number of aliphatic hydroxyl groups is 7. The topological polar surface area (TPSA) is 142 Å². The first kappa shape index (κ1) is 12.8. The average molecular weight is 224 g/mol. The van der Waals surface area contributed by atoms with Crippen molar-refractivity contribution in [2.45, 2.75) is 42.5 Å². The zero-order valence-electron chi connectivity index (χ0n) is 7.93. The van der Waals surface area contributed by atoms with E-state index in [1.807, 2.05) is 0 Å². The normalized spacial score (nSPS) is 51.8. The second kappa shape index (κ2) is 4.30. The first-order valence-corrected chi connectivity index (χ1v) is 4.60. The molecule has 5 unspecified atom stereocenters. The molecule has 0 aliphatic heterocycles. The summed E-state index contributed by atoms with van der Waals surface area (Å²) in [6.45, 7) is -0.542. The molecule has 0 saturated heterocycles. The van der Waals surface area contributed by atoms with Gasteiger partial charge in [0.1, 0.15) is 36.1 Å². The molecule has 7 heteroatoms. The highest BCUT2D eigenvalue weighted by Crippen LogP contribution is 2.32. The van der Waals surface area contributed by atoms with Crippen molar-refractivity contribution in [3.05, 3.63) is 0 Å². The predicted molar refractivity (Wildman–Crippen MR) is 46.7 cm³/mol. The van der Waals surface area contributed by atoms with E-state index in [2.05, 4.69) is 0 Å². The van der Waals surface area contributed by atoms with Crippen molar-refractivity contribution in [1.29, 1.82) is 0 Å². The summed E-state index contributed by atoms with van der Waals surface area (Å²) in [5, 5.41) is 65.1. The summed E-state index contributed by atoms with van der Waals surface area (Å²) in [5.74, 6) is 0. The van der Waals surface area contributed by atoms with Crippen molar-refractivity contribution in [1.82, 2.24) is 0 Å². The fourth-order valence-corrected chi connectivity index (χ4v) is 1.82. The molecule has 1 rings (SSSR count). The first-order valence-electron chi connectivity index (χ1n) is 4.60. The summed E-state index contributed by atoms with van der Waals surface area (Å²) in [6, 6.07) is 0. The maximum atomic E-state index is 9.78. The molecule has 0 heterocycles. The van der Waals surface area contributed by atoms with Gasteiger partial charge in [-0.1, -0.05) is 0 Å². The maximum absolute atomic E-state index is 9.78. The average Bonchev–Trinajstić information content (AvgIpc) is 2.22. The van der Waals surface area contributed by atoms with Crippen LogP contribution >= 0.6 is 0 Å². The van der Waals surface area contributed by atoms with E-state index in [1.165, 1.54) is 0 Å². The van der Waals surface area contributed by atoms with Crippen LogP contribution in [0.2, 0.25) is 0 Å². The van der Waals surface area contributed by atoms with E-state index in [1.54, 1.807) is 0 Å². The minimum atomic E-state index is -2.23. The quantitative estimate of drug-likeness (QED) is 0.253. The lowest BCUT2D eigenvalue weighted by molar-refractivity contribution is -0.271. The standard InChI is InChI=1S/C8H16O7/c9-2-1-8(15)6(13)4(11)3(10)5(12)7(8)14/h3-7,9-15H,1-2H2/t3?,4?,5?,6-,7?,8?/m0/s1. The monoisotopic (exact) mass is 224 g/mol. The van der Waals surface area contributed by atoms with Gasteiger partial charge < -0.3 is 35.7 Å². The molecule has 0 bridgehead atoms. The largest absolute Gasteiger partial charge is 0.396 e. The van der Waals surface area contributed by atoms with Gasteiger partial charge in [-0.15, -0.1) is 0 Å². The fourth-order valence-electron chi connectivity index (χ4n) is 1.82.